The van der Waals surface area contributed by atoms with E-state index in [1.807, 2.05) is 0 Å². The molecular formula is C71H132O6. The van der Waals surface area contributed by atoms with Crippen LogP contribution in [-0.4, -0.2) is 37.2 Å². The summed E-state index contributed by atoms with van der Waals surface area (Å²) in [5, 5.41) is 0. The van der Waals surface area contributed by atoms with E-state index < -0.39 is 6.10 Å². The third-order valence-corrected chi connectivity index (χ3v) is 15.6. The van der Waals surface area contributed by atoms with Crippen LogP contribution in [0.5, 0.6) is 0 Å². The van der Waals surface area contributed by atoms with Gasteiger partial charge in [-0.1, -0.05) is 320 Å². The van der Waals surface area contributed by atoms with Crippen molar-refractivity contribution in [1.82, 2.24) is 0 Å². The first-order chi connectivity index (χ1) is 38.0. The Hall–Kier alpha value is -2.37. The van der Waals surface area contributed by atoms with Gasteiger partial charge in [-0.25, -0.2) is 0 Å². The normalized spacial score (nSPS) is 12.2. The lowest BCUT2D eigenvalue weighted by Gasteiger charge is -2.18. The Labute approximate surface area is 480 Å². The van der Waals surface area contributed by atoms with Crippen LogP contribution in [0.4, 0.5) is 0 Å². The summed E-state index contributed by atoms with van der Waals surface area (Å²) < 4.78 is 17.0. The molecule has 0 saturated carbocycles. The van der Waals surface area contributed by atoms with E-state index in [0.29, 0.717) is 19.3 Å². The van der Waals surface area contributed by atoms with Crippen molar-refractivity contribution in [1.29, 1.82) is 0 Å². The Balaban J connectivity index is 4.25. The van der Waals surface area contributed by atoms with Gasteiger partial charge in [-0.15, -0.1) is 0 Å². The van der Waals surface area contributed by atoms with Gasteiger partial charge in [0.25, 0.3) is 0 Å². The van der Waals surface area contributed by atoms with E-state index in [1.165, 1.54) is 263 Å². The molecule has 1 unspecified atom stereocenters. The molecule has 1 atom stereocenters. The van der Waals surface area contributed by atoms with E-state index in [0.717, 1.165) is 77.0 Å². The summed E-state index contributed by atoms with van der Waals surface area (Å²) in [6.45, 7) is 6.67. The molecule has 452 valence electrons. The molecule has 0 saturated heterocycles. The molecule has 0 fully saturated rings. The van der Waals surface area contributed by atoms with E-state index in [2.05, 4.69) is 57.2 Å². The number of unbranched alkanes of at least 4 members (excludes halogenated alkanes) is 47. The van der Waals surface area contributed by atoms with Gasteiger partial charge in [0, 0.05) is 19.3 Å². The maximum Gasteiger partial charge on any atom is 0.306 e. The smallest absolute Gasteiger partial charge is 0.306 e. The van der Waals surface area contributed by atoms with E-state index >= 15 is 0 Å². The highest BCUT2D eigenvalue weighted by molar-refractivity contribution is 5.71. The monoisotopic (exact) mass is 1080 g/mol. The molecule has 0 aliphatic heterocycles. The van der Waals surface area contributed by atoms with Crippen LogP contribution in [0.25, 0.3) is 0 Å². The third-order valence-electron chi connectivity index (χ3n) is 15.6. The second kappa shape index (κ2) is 66.1. The Morgan fingerprint density at radius 3 is 0.753 bits per heavy atom. The summed E-state index contributed by atoms with van der Waals surface area (Å²) in [5.74, 6) is -0.864. The van der Waals surface area contributed by atoms with Crippen molar-refractivity contribution in [2.24, 2.45) is 0 Å². The van der Waals surface area contributed by atoms with Crippen molar-refractivity contribution < 1.29 is 28.6 Å². The number of esters is 3. The molecule has 0 aromatic heterocycles. The third kappa shape index (κ3) is 64.3. The van der Waals surface area contributed by atoms with Crippen LogP contribution in [0, 0.1) is 0 Å². The van der Waals surface area contributed by atoms with E-state index in [9.17, 15) is 14.4 Å². The van der Waals surface area contributed by atoms with Gasteiger partial charge in [0.15, 0.2) is 6.10 Å². The molecule has 0 spiro atoms. The average molecular weight is 1080 g/mol. The topological polar surface area (TPSA) is 78.9 Å². The zero-order chi connectivity index (χ0) is 55.7. The molecule has 0 heterocycles. The average Bonchev–Trinajstić information content (AvgIpc) is 3.43. The van der Waals surface area contributed by atoms with Gasteiger partial charge >= 0.3 is 17.9 Å². The molecule has 77 heavy (non-hydrogen) atoms. The number of rotatable bonds is 64. The Bertz CT molecular complexity index is 1290. The number of carbonyl (C=O) groups is 3. The highest BCUT2D eigenvalue weighted by atomic mass is 16.6. The van der Waals surface area contributed by atoms with Crippen molar-refractivity contribution in [2.75, 3.05) is 13.2 Å². The van der Waals surface area contributed by atoms with Crippen LogP contribution in [0.3, 0.4) is 0 Å². The lowest BCUT2D eigenvalue weighted by atomic mass is 10.0. The largest absolute Gasteiger partial charge is 0.462 e. The number of ether oxygens (including phenoxy) is 3. The van der Waals surface area contributed by atoms with Gasteiger partial charge in [-0.05, 0) is 77.0 Å². The Kier molecular flexibility index (Phi) is 64.1. The van der Waals surface area contributed by atoms with E-state index in [1.54, 1.807) is 0 Å². The zero-order valence-electron chi connectivity index (χ0n) is 52.0. The van der Waals surface area contributed by atoms with Crippen molar-refractivity contribution in [3.05, 3.63) is 36.5 Å². The summed E-state index contributed by atoms with van der Waals surface area (Å²) >= 11 is 0. The minimum Gasteiger partial charge on any atom is -0.462 e. The molecule has 0 aliphatic rings. The molecule has 6 nitrogen and oxygen atoms in total. The lowest BCUT2D eigenvalue weighted by Crippen LogP contribution is -2.30. The van der Waals surface area contributed by atoms with Crippen molar-refractivity contribution in [2.45, 2.75) is 386 Å². The fraction of sp³-hybridized carbons (Fsp3) is 0.873. The summed E-state index contributed by atoms with van der Waals surface area (Å²) in [6.07, 6.45) is 81.7. The maximum absolute atomic E-state index is 12.9. The van der Waals surface area contributed by atoms with Crippen LogP contribution in [0.2, 0.25) is 0 Å². The van der Waals surface area contributed by atoms with Gasteiger partial charge in [-0.2, -0.15) is 0 Å². The number of hydrogen-bond acceptors (Lipinski definition) is 6. The predicted octanol–water partition coefficient (Wildman–Crippen LogP) is 23.6. The summed E-state index contributed by atoms with van der Waals surface area (Å²) in [6, 6.07) is 0. The van der Waals surface area contributed by atoms with Gasteiger partial charge in [0.2, 0.25) is 0 Å². The van der Waals surface area contributed by atoms with Crippen LogP contribution >= 0.6 is 0 Å². The highest BCUT2D eigenvalue weighted by Gasteiger charge is 2.19. The molecule has 0 amide bonds. The standard InChI is InChI=1S/C71H132O6/c1-4-7-10-13-16-19-22-25-28-31-32-33-34-35-36-37-38-39-41-43-46-49-52-55-58-61-64-70(73)76-67-68(66-75-69(72)63-60-57-54-51-48-45-42-30-27-24-21-18-15-12-9-6-3)77-71(74)65-62-59-56-53-50-47-44-40-29-26-23-20-17-14-11-8-5-2/h17,20,26,29-30,42,68H,4-16,18-19,21-25,27-28,31-41,43-67H2,1-3H3/b20-17-,29-26-,42-30-. The first kappa shape index (κ1) is 74.6. The second-order valence-electron chi connectivity index (χ2n) is 23.4. The first-order valence-corrected chi connectivity index (χ1v) is 34.5. The Morgan fingerprint density at radius 2 is 0.468 bits per heavy atom. The minimum absolute atomic E-state index is 0.0737. The van der Waals surface area contributed by atoms with Gasteiger partial charge < -0.3 is 14.2 Å². The SMILES string of the molecule is CCCCC/C=C\C/C=C\CCCCCCCCCC(=O)OC(COC(=O)CCCCCCC/C=C\CCCCCCCCC)COC(=O)CCCCCCCCCCCCCCCCCCCCCCCCCCCC. The zero-order valence-corrected chi connectivity index (χ0v) is 52.0. The lowest BCUT2D eigenvalue weighted by molar-refractivity contribution is -0.167. The van der Waals surface area contributed by atoms with Crippen LogP contribution in [0.1, 0.15) is 380 Å². The van der Waals surface area contributed by atoms with Crippen LogP contribution in [-0.2, 0) is 28.6 Å². The second-order valence-corrected chi connectivity index (χ2v) is 23.4. The van der Waals surface area contributed by atoms with Crippen LogP contribution < -0.4 is 0 Å². The predicted molar refractivity (Wildman–Crippen MR) is 335 cm³/mol. The molecule has 0 rings (SSSR count). The fourth-order valence-electron chi connectivity index (χ4n) is 10.4. The molecule has 0 aliphatic carbocycles. The van der Waals surface area contributed by atoms with Crippen molar-refractivity contribution in [3.8, 4) is 0 Å². The molecule has 0 bridgehead atoms. The van der Waals surface area contributed by atoms with E-state index in [-0.39, 0.29) is 31.1 Å². The number of carbonyl (C=O) groups excluding carboxylic acids is 3. The molecule has 6 heteroatoms. The summed E-state index contributed by atoms with van der Waals surface area (Å²) in [7, 11) is 0. The molecule has 0 N–H and O–H groups in total. The van der Waals surface area contributed by atoms with Crippen LogP contribution in [0.15, 0.2) is 36.5 Å². The fourth-order valence-corrected chi connectivity index (χ4v) is 10.4. The summed E-state index contributed by atoms with van der Waals surface area (Å²) in [4.78, 5) is 38.4. The minimum atomic E-state index is -0.779. The summed E-state index contributed by atoms with van der Waals surface area (Å²) in [5.41, 5.74) is 0. The highest BCUT2D eigenvalue weighted by Crippen LogP contribution is 2.18. The first-order valence-electron chi connectivity index (χ1n) is 34.5. The van der Waals surface area contributed by atoms with Gasteiger partial charge in [0.1, 0.15) is 13.2 Å². The number of allylic oxidation sites excluding steroid dienone is 6. The molecule has 0 aromatic rings. The quantitative estimate of drug-likeness (QED) is 0.0261. The van der Waals surface area contributed by atoms with Crippen molar-refractivity contribution >= 4 is 17.9 Å². The van der Waals surface area contributed by atoms with E-state index in [4.69, 9.17) is 14.2 Å². The molecular weight excluding hydrogens is 949 g/mol. The van der Waals surface area contributed by atoms with Crippen molar-refractivity contribution in [3.63, 3.8) is 0 Å². The van der Waals surface area contributed by atoms with Gasteiger partial charge in [0.05, 0.1) is 0 Å². The molecule has 0 radical (unpaired) electrons. The number of hydrogen-bond donors (Lipinski definition) is 0. The maximum atomic E-state index is 12.9. The Morgan fingerprint density at radius 1 is 0.260 bits per heavy atom. The molecule has 0 aromatic carbocycles. The van der Waals surface area contributed by atoms with Gasteiger partial charge in [-0.3, -0.25) is 14.4 Å².